The van der Waals surface area contributed by atoms with Gasteiger partial charge in [0.15, 0.2) is 0 Å². The third-order valence-electron chi connectivity index (χ3n) is 5.14. The minimum atomic E-state index is -0.310. The summed E-state index contributed by atoms with van der Waals surface area (Å²) in [6.07, 6.45) is 7.16. The molecule has 5 nitrogen and oxygen atoms in total. The summed E-state index contributed by atoms with van der Waals surface area (Å²) in [5, 5.41) is 10.1. The highest BCUT2D eigenvalue weighted by Crippen LogP contribution is 2.30. The molecule has 1 aliphatic heterocycles. The van der Waals surface area contributed by atoms with Gasteiger partial charge < -0.3 is 19.4 Å². The lowest BCUT2D eigenvalue weighted by atomic mass is 10.0. The summed E-state index contributed by atoms with van der Waals surface area (Å²) < 4.78 is 26.4. The zero-order chi connectivity index (χ0) is 22.5. The first-order valence-electron chi connectivity index (χ1n) is 10.1. The highest BCUT2D eigenvalue weighted by Gasteiger charge is 2.30. The molecule has 164 valence electrons. The van der Waals surface area contributed by atoms with Crippen molar-refractivity contribution in [1.82, 2.24) is 0 Å². The van der Waals surface area contributed by atoms with Crippen LogP contribution in [0.15, 0.2) is 76.6 Å². The smallest absolute Gasteiger partial charge is 0.217 e. The summed E-state index contributed by atoms with van der Waals surface area (Å²) in [7, 11) is 1.00. The molecular weight excluding hydrogens is 429 g/mol. The van der Waals surface area contributed by atoms with Crippen molar-refractivity contribution >= 4 is 33.6 Å². The molecule has 32 heavy (non-hydrogen) atoms. The first kappa shape index (κ1) is 21.9. The Balaban J connectivity index is 0.00000119. The Bertz CT molecular complexity index is 1210. The van der Waals surface area contributed by atoms with Crippen LogP contribution in [0.1, 0.15) is 11.1 Å². The number of aliphatic hydroxyl groups excluding tert-OH is 1. The van der Waals surface area contributed by atoms with E-state index in [1.54, 1.807) is 23.5 Å². The van der Waals surface area contributed by atoms with Gasteiger partial charge in [0.2, 0.25) is 5.90 Å². The van der Waals surface area contributed by atoms with Crippen LogP contribution in [-0.2, 0) is 16.0 Å². The van der Waals surface area contributed by atoms with E-state index in [1.165, 1.54) is 12.1 Å². The number of benzene rings is 2. The third kappa shape index (κ3) is 4.64. The Labute approximate surface area is 189 Å². The predicted octanol–water partition coefficient (Wildman–Crippen LogP) is 4.48. The van der Waals surface area contributed by atoms with E-state index < -0.39 is 0 Å². The topological polar surface area (TPSA) is 68.1 Å². The van der Waals surface area contributed by atoms with Crippen LogP contribution in [0.25, 0.3) is 10.1 Å². The number of ether oxygens (including phenoxy) is 2. The second-order valence-electron chi connectivity index (χ2n) is 7.20. The van der Waals surface area contributed by atoms with Crippen molar-refractivity contribution in [3.63, 3.8) is 0 Å². The van der Waals surface area contributed by atoms with E-state index in [1.807, 2.05) is 41.8 Å². The van der Waals surface area contributed by atoms with Gasteiger partial charge in [0, 0.05) is 23.8 Å². The third-order valence-corrected chi connectivity index (χ3v) is 6.14. The first-order chi connectivity index (χ1) is 15.7. The van der Waals surface area contributed by atoms with Crippen LogP contribution in [0.3, 0.4) is 0 Å². The number of nitrogens with zero attached hydrogens (tertiary/aromatic N) is 1. The molecule has 2 aliphatic rings. The molecule has 0 saturated carbocycles. The van der Waals surface area contributed by atoms with E-state index >= 15 is 0 Å². The summed E-state index contributed by atoms with van der Waals surface area (Å²) in [5.74, 6) is 0.932. The number of hydrogen-bond donors (Lipinski definition) is 1. The largest absolute Gasteiger partial charge is 0.489 e. The maximum absolute atomic E-state index is 13.5. The van der Waals surface area contributed by atoms with Crippen LogP contribution in [0, 0.1) is 5.82 Å². The molecule has 1 N–H and O–H groups in total. The van der Waals surface area contributed by atoms with Gasteiger partial charge in [-0.15, -0.1) is 11.3 Å². The van der Waals surface area contributed by atoms with Crippen molar-refractivity contribution in [2.75, 3.05) is 13.7 Å². The minimum Gasteiger partial charge on any atom is -0.489 e. The fourth-order valence-corrected chi connectivity index (χ4v) is 4.65. The first-order valence-corrected chi connectivity index (χ1v) is 11.0. The molecule has 0 spiro atoms. The Morgan fingerprint density at radius 1 is 1.25 bits per heavy atom. The van der Waals surface area contributed by atoms with Gasteiger partial charge in [-0.3, -0.25) is 0 Å². The predicted molar refractivity (Wildman–Crippen MR) is 124 cm³/mol. The molecule has 0 fully saturated rings. The highest BCUT2D eigenvalue weighted by atomic mass is 32.1. The molecule has 1 aromatic heterocycles. The van der Waals surface area contributed by atoms with Crippen LogP contribution in [0.5, 0.6) is 5.75 Å². The second kappa shape index (κ2) is 9.89. The van der Waals surface area contributed by atoms with Gasteiger partial charge in [-0.2, -0.15) is 0 Å². The molecular formula is C25H22FNO4S. The fourth-order valence-electron chi connectivity index (χ4n) is 3.64. The van der Waals surface area contributed by atoms with E-state index in [0.29, 0.717) is 24.5 Å². The molecule has 0 saturated heterocycles. The molecule has 2 heterocycles. The SMILES string of the molecule is CO.O=CCc1csc2cc(OCC3=CC4N=C(c5cccc(F)c5)OC4C=C3)ccc12. The monoisotopic (exact) mass is 451 g/mol. The lowest BCUT2D eigenvalue weighted by Gasteiger charge is -2.17. The van der Waals surface area contributed by atoms with Gasteiger partial charge in [-0.25, -0.2) is 9.38 Å². The van der Waals surface area contributed by atoms with Gasteiger partial charge in [-0.05, 0) is 70.5 Å². The van der Waals surface area contributed by atoms with E-state index in [-0.39, 0.29) is 18.0 Å². The lowest BCUT2D eigenvalue weighted by molar-refractivity contribution is -0.107. The van der Waals surface area contributed by atoms with Gasteiger partial charge >= 0.3 is 0 Å². The number of rotatable bonds is 6. The second-order valence-corrected chi connectivity index (χ2v) is 8.11. The summed E-state index contributed by atoms with van der Waals surface area (Å²) >= 11 is 1.61. The summed E-state index contributed by atoms with van der Waals surface area (Å²) in [4.78, 5) is 15.4. The molecule has 0 bridgehead atoms. The van der Waals surface area contributed by atoms with Crippen molar-refractivity contribution in [3.05, 3.63) is 88.6 Å². The summed E-state index contributed by atoms with van der Waals surface area (Å²) in [6.45, 7) is 0.419. The maximum atomic E-state index is 13.5. The van der Waals surface area contributed by atoms with Crippen molar-refractivity contribution in [3.8, 4) is 5.75 Å². The van der Waals surface area contributed by atoms with Crippen LogP contribution < -0.4 is 4.74 Å². The van der Waals surface area contributed by atoms with Crippen molar-refractivity contribution in [2.24, 2.45) is 4.99 Å². The van der Waals surface area contributed by atoms with Crippen LogP contribution in [0.2, 0.25) is 0 Å². The van der Waals surface area contributed by atoms with Gasteiger partial charge in [0.05, 0.1) is 0 Å². The molecule has 2 atom stereocenters. The number of aliphatic hydroxyl groups is 1. The molecule has 2 unspecified atom stereocenters. The average molecular weight is 452 g/mol. The zero-order valence-electron chi connectivity index (χ0n) is 17.4. The standard InChI is InChI=1S/C24H18FNO3S.CH4O/c25-18-3-1-2-16(11-18)24-26-21-10-15(4-7-22(21)29-24)13-28-19-5-6-20-17(8-9-27)14-30-23(20)12-19;1-2/h1-7,9-12,14,21-22H,8,13H2;2H,1H3. The number of carbonyl (C=O) groups is 1. The van der Waals surface area contributed by atoms with Crippen LogP contribution in [0.4, 0.5) is 4.39 Å². The molecule has 7 heteroatoms. The number of fused-ring (bicyclic) bond motifs is 2. The molecule has 3 aromatic rings. The molecule has 1 aliphatic carbocycles. The van der Waals surface area contributed by atoms with Crippen molar-refractivity contribution < 1.29 is 23.8 Å². The minimum absolute atomic E-state index is 0.141. The van der Waals surface area contributed by atoms with E-state index in [0.717, 1.165) is 40.4 Å². The van der Waals surface area contributed by atoms with Crippen molar-refractivity contribution in [1.29, 1.82) is 0 Å². The Morgan fingerprint density at radius 2 is 2.12 bits per heavy atom. The Morgan fingerprint density at radius 3 is 2.94 bits per heavy atom. The maximum Gasteiger partial charge on any atom is 0.217 e. The normalized spacial score (nSPS) is 18.7. The van der Waals surface area contributed by atoms with Gasteiger partial charge in [0.1, 0.15) is 36.6 Å². The lowest BCUT2D eigenvalue weighted by Crippen LogP contribution is -2.22. The fraction of sp³-hybridized carbons (Fsp3) is 0.200. The zero-order valence-corrected chi connectivity index (χ0v) is 18.2. The quantitative estimate of drug-likeness (QED) is 0.561. The van der Waals surface area contributed by atoms with E-state index in [4.69, 9.17) is 14.6 Å². The Kier molecular flexibility index (Phi) is 6.78. The average Bonchev–Trinajstić information content (AvgIpc) is 3.43. The van der Waals surface area contributed by atoms with Crippen LogP contribution in [-0.4, -0.2) is 43.2 Å². The number of aliphatic imine (C=N–C) groups is 1. The van der Waals surface area contributed by atoms with E-state index in [2.05, 4.69) is 4.99 Å². The summed E-state index contributed by atoms with van der Waals surface area (Å²) in [5.41, 5.74) is 2.70. The van der Waals surface area contributed by atoms with Gasteiger partial charge in [0.25, 0.3) is 0 Å². The number of thiophene rings is 1. The molecule has 0 amide bonds. The number of aldehydes is 1. The Hall–Kier alpha value is -3.29. The molecule has 0 radical (unpaired) electrons. The molecule has 5 rings (SSSR count). The summed E-state index contributed by atoms with van der Waals surface area (Å²) in [6, 6.07) is 12.1. The van der Waals surface area contributed by atoms with Crippen molar-refractivity contribution in [2.45, 2.75) is 18.6 Å². The van der Waals surface area contributed by atoms with Crippen LogP contribution >= 0.6 is 11.3 Å². The highest BCUT2D eigenvalue weighted by molar-refractivity contribution is 7.17. The van der Waals surface area contributed by atoms with Gasteiger partial charge in [-0.1, -0.05) is 12.1 Å². The van der Waals surface area contributed by atoms with E-state index in [9.17, 15) is 9.18 Å². The molecule has 2 aromatic carbocycles. The number of hydrogen-bond acceptors (Lipinski definition) is 6. The number of halogens is 1. The number of carbonyl (C=O) groups excluding carboxylic acids is 1.